The number of para-hydroxylation sites is 2. The Morgan fingerprint density at radius 3 is 2.56 bits per heavy atom. The van der Waals surface area contributed by atoms with Crippen LogP contribution in [-0.4, -0.2) is 30.3 Å². The molecule has 0 saturated carbocycles. The quantitative estimate of drug-likeness (QED) is 0.511. The minimum Gasteiger partial charge on any atom is -0.492 e. The number of carbonyl (C=O) groups is 2. The number of hydrogen-bond donors (Lipinski definition) is 1. The predicted molar refractivity (Wildman–Crippen MR) is 104 cm³/mol. The lowest BCUT2D eigenvalue weighted by molar-refractivity contribution is -0.152. The Morgan fingerprint density at radius 2 is 1.85 bits per heavy atom. The first-order valence-electron chi connectivity index (χ1n) is 8.60. The first-order chi connectivity index (χ1) is 13.0. The van der Waals surface area contributed by atoms with Gasteiger partial charge in [0.1, 0.15) is 11.6 Å². The minimum atomic E-state index is -0.928. The highest BCUT2D eigenvalue weighted by Crippen LogP contribution is 2.24. The van der Waals surface area contributed by atoms with E-state index in [1.807, 2.05) is 13.0 Å². The van der Waals surface area contributed by atoms with E-state index in [4.69, 9.17) is 9.47 Å². The Morgan fingerprint density at radius 1 is 1.15 bits per heavy atom. The standard InChI is InChI=1S/C20H22FNO4S/c1-3-25-18-7-5-4-6-17(18)22-20(24)14(2)26-19(23)12-13-27-16-10-8-15(21)9-11-16/h4-11,14H,3,12-13H2,1-2H3,(H,22,24)/t14-/m0/s1. The van der Waals surface area contributed by atoms with E-state index in [9.17, 15) is 14.0 Å². The van der Waals surface area contributed by atoms with Crippen molar-refractivity contribution in [3.63, 3.8) is 0 Å². The molecule has 0 aliphatic rings. The highest BCUT2D eigenvalue weighted by molar-refractivity contribution is 7.99. The molecule has 1 amide bonds. The summed E-state index contributed by atoms with van der Waals surface area (Å²) < 4.78 is 23.5. The molecule has 0 saturated heterocycles. The summed E-state index contributed by atoms with van der Waals surface area (Å²) in [5.41, 5.74) is 0.527. The predicted octanol–water partition coefficient (Wildman–Crippen LogP) is 4.28. The van der Waals surface area contributed by atoms with Gasteiger partial charge in [0.2, 0.25) is 0 Å². The highest BCUT2D eigenvalue weighted by Gasteiger charge is 2.19. The number of benzene rings is 2. The van der Waals surface area contributed by atoms with Gasteiger partial charge in [-0.15, -0.1) is 11.8 Å². The van der Waals surface area contributed by atoms with Gasteiger partial charge in [0.25, 0.3) is 5.91 Å². The molecule has 0 bridgehead atoms. The number of amides is 1. The number of carbonyl (C=O) groups excluding carboxylic acids is 2. The molecule has 2 aromatic rings. The molecular weight excluding hydrogens is 369 g/mol. The number of ether oxygens (including phenoxy) is 2. The van der Waals surface area contributed by atoms with E-state index in [2.05, 4.69) is 5.32 Å². The van der Waals surface area contributed by atoms with E-state index in [1.165, 1.54) is 30.8 Å². The van der Waals surface area contributed by atoms with Crippen molar-refractivity contribution in [2.75, 3.05) is 17.7 Å². The first-order valence-corrected chi connectivity index (χ1v) is 9.58. The topological polar surface area (TPSA) is 64.6 Å². The molecule has 27 heavy (non-hydrogen) atoms. The van der Waals surface area contributed by atoms with Crippen molar-refractivity contribution >= 4 is 29.3 Å². The molecule has 0 spiro atoms. The number of thioether (sulfide) groups is 1. The zero-order valence-corrected chi connectivity index (χ0v) is 16.1. The van der Waals surface area contributed by atoms with Gasteiger partial charge in [-0.05, 0) is 50.2 Å². The third-order valence-corrected chi connectivity index (χ3v) is 4.52. The van der Waals surface area contributed by atoms with Gasteiger partial charge in [0.05, 0.1) is 18.7 Å². The highest BCUT2D eigenvalue weighted by atomic mass is 32.2. The number of anilines is 1. The maximum atomic E-state index is 12.9. The molecule has 7 heteroatoms. The molecule has 5 nitrogen and oxygen atoms in total. The van der Waals surface area contributed by atoms with Crippen molar-refractivity contribution in [1.29, 1.82) is 0 Å². The van der Waals surface area contributed by atoms with Crippen molar-refractivity contribution in [2.45, 2.75) is 31.3 Å². The average molecular weight is 391 g/mol. The molecule has 144 valence electrons. The minimum absolute atomic E-state index is 0.148. The van der Waals surface area contributed by atoms with Gasteiger partial charge in [-0.25, -0.2) is 4.39 Å². The van der Waals surface area contributed by atoms with Crippen LogP contribution in [-0.2, 0) is 14.3 Å². The van der Waals surface area contributed by atoms with Crippen LogP contribution in [0.5, 0.6) is 5.75 Å². The van der Waals surface area contributed by atoms with Crippen LogP contribution < -0.4 is 10.1 Å². The van der Waals surface area contributed by atoms with Crippen LogP contribution >= 0.6 is 11.8 Å². The van der Waals surface area contributed by atoms with Crippen LogP contribution in [0.25, 0.3) is 0 Å². The fraction of sp³-hybridized carbons (Fsp3) is 0.300. The number of nitrogens with one attached hydrogen (secondary N) is 1. The Hall–Kier alpha value is -2.54. The zero-order valence-electron chi connectivity index (χ0n) is 15.2. The summed E-state index contributed by atoms with van der Waals surface area (Å²) in [5.74, 6) is -0.162. The zero-order chi connectivity index (χ0) is 19.6. The SMILES string of the molecule is CCOc1ccccc1NC(=O)[C@H](C)OC(=O)CCSc1ccc(F)cc1. The molecule has 0 aliphatic carbocycles. The summed E-state index contributed by atoms with van der Waals surface area (Å²) in [6.45, 7) is 3.85. The Bertz CT molecular complexity index is 767. The molecule has 2 aromatic carbocycles. The second-order valence-corrected chi connectivity index (χ2v) is 6.77. The van der Waals surface area contributed by atoms with Gasteiger partial charge in [0.15, 0.2) is 6.10 Å². The fourth-order valence-corrected chi connectivity index (χ4v) is 3.01. The fourth-order valence-electron chi connectivity index (χ4n) is 2.18. The maximum Gasteiger partial charge on any atom is 0.307 e. The van der Waals surface area contributed by atoms with E-state index < -0.39 is 18.0 Å². The first kappa shape index (κ1) is 20.8. The summed E-state index contributed by atoms with van der Waals surface area (Å²) in [6.07, 6.45) is -0.780. The molecule has 1 N–H and O–H groups in total. The van der Waals surface area contributed by atoms with Crippen LogP contribution in [0, 0.1) is 5.82 Å². The summed E-state index contributed by atoms with van der Waals surface area (Å²) in [7, 11) is 0. The Kier molecular flexibility index (Phi) is 8.13. The molecule has 0 aliphatic heterocycles. The number of halogens is 1. The molecular formula is C20H22FNO4S. The van der Waals surface area contributed by atoms with Crippen molar-refractivity contribution in [3.8, 4) is 5.75 Å². The molecule has 0 unspecified atom stereocenters. The Balaban J connectivity index is 1.78. The lowest BCUT2D eigenvalue weighted by atomic mass is 10.2. The Labute approximate surface area is 162 Å². The summed E-state index contributed by atoms with van der Waals surface area (Å²) in [4.78, 5) is 25.0. The summed E-state index contributed by atoms with van der Waals surface area (Å²) in [5, 5.41) is 2.71. The van der Waals surface area contributed by atoms with Crippen LogP contribution in [0.2, 0.25) is 0 Å². The van der Waals surface area contributed by atoms with E-state index >= 15 is 0 Å². The van der Waals surface area contributed by atoms with E-state index in [0.717, 1.165) is 4.90 Å². The third-order valence-electron chi connectivity index (χ3n) is 3.51. The average Bonchev–Trinajstić information content (AvgIpc) is 2.65. The van der Waals surface area contributed by atoms with E-state index in [1.54, 1.807) is 30.3 Å². The summed E-state index contributed by atoms with van der Waals surface area (Å²) in [6, 6.07) is 13.1. The second kappa shape index (κ2) is 10.6. The summed E-state index contributed by atoms with van der Waals surface area (Å²) >= 11 is 1.42. The second-order valence-electron chi connectivity index (χ2n) is 5.60. The molecule has 0 heterocycles. The molecule has 0 radical (unpaired) electrons. The monoisotopic (exact) mass is 391 g/mol. The smallest absolute Gasteiger partial charge is 0.307 e. The number of rotatable bonds is 9. The van der Waals surface area contributed by atoms with Crippen molar-refractivity contribution in [2.24, 2.45) is 0 Å². The van der Waals surface area contributed by atoms with Gasteiger partial charge in [-0.2, -0.15) is 0 Å². The van der Waals surface area contributed by atoms with Crippen LogP contribution in [0.1, 0.15) is 20.3 Å². The van der Waals surface area contributed by atoms with Gasteiger partial charge >= 0.3 is 5.97 Å². The van der Waals surface area contributed by atoms with Gasteiger partial charge in [-0.1, -0.05) is 12.1 Å². The molecule has 2 rings (SSSR count). The van der Waals surface area contributed by atoms with Crippen LogP contribution in [0.3, 0.4) is 0 Å². The van der Waals surface area contributed by atoms with Gasteiger partial charge in [0, 0.05) is 10.6 Å². The molecule has 0 fully saturated rings. The number of esters is 1. The van der Waals surface area contributed by atoms with Crippen LogP contribution in [0.15, 0.2) is 53.4 Å². The molecule has 0 aromatic heterocycles. The largest absolute Gasteiger partial charge is 0.492 e. The maximum absolute atomic E-state index is 12.9. The normalized spacial score (nSPS) is 11.5. The lowest BCUT2D eigenvalue weighted by Gasteiger charge is -2.15. The van der Waals surface area contributed by atoms with E-state index in [0.29, 0.717) is 23.8 Å². The van der Waals surface area contributed by atoms with Crippen molar-refractivity contribution < 1.29 is 23.5 Å². The van der Waals surface area contributed by atoms with Crippen LogP contribution in [0.4, 0.5) is 10.1 Å². The van der Waals surface area contributed by atoms with Crippen molar-refractivity contribution in [3.05, 3.63) is 54.3 Å². The van der Waals surface area contributed by atoms with E-state index in [-0.39, 0.29) is 12.2 Å². The van der Waals surface area contributed by atoms with Crippen molar-refractivity contribution in [1.82, 2.24) is 0 Å². The van der Waals surface area contributed by atoms with Gasteiger partial charge in [-0.3, -0.25) is 9.59 Å². The number of hydrogen-bond acceptors (Lipinski definition) is 5. The molecule has 1 atom stereocenters. The van der Waals surface area contributed by atoms with Gasteiger partial charge < -0.3 is 14.8 Å². The lowest BCUT2D eigenvalue weighted by Crippen LogP contribution is -2.30. The third kappa shape index (κ3) is 6.94.